The van der Waals surface area contributed by atoms with Crippen molar-refractivity contribution < 1.29 is 23.8 Å². The molecule has 2 atom stereocenters. The number of amides is 1. The zero-order valence-electron chi connectivity index (χ0n) is 66.7. The number of hydrogen-bond donors (Lipinski definition) is 5. The normalized spacial score (nSPS) is 14.0. The molecule has 0 bridgehead atoms. The topological polar surface area (TPSA) is 178 Å². The van der Waals surface area contributed by atoms with Gasteiger partial charge in [-0.15, -0.1) is 0 Å². The molecule has 9 rings (SSSR count). The van der Waals surface area contributed by atoms with Crippen LogP contribution in [0.3, 0.4) is 0 Å². The number of carbonyl (C=O) groups is 3. The molecule has 0 saturated carbocycles. The van der Waals surface area contributed by atoms with Crippen LogP contribution in [-0.2, 0) is 32.5 Å². The number of carbonyl (C=O) groups excluding carboxylic acids is 3. The Morgan fingerprint density at radius 2 is 0.804 bits per heavy atom. The number of likely N-dealkylation sites (N-methyl/N-ethyl adjacent to an activating group) is 2. The number of nitrogens with zero attached hydrogens (tertiary/aromatic N) is 5. The van der Waals surface area contributed by atoms with Crippen molar-refractivity contribution in [2.75, 3.05) is 78.8 Å². The number of β-amino-alcohol motifs (C(OH)–C–C–N with tert-alkyl or cyclic N) is 1. The minimum absolute atomic E-state index is 0. The molecule has 0 radical (unpaired) electrons. The third-order valence-corrected chi connectivity index (χ3v) is 14.7. The number of benzene rings is 6. The van der Waals surface area contributed by atoms with E-state index in [1.54, 1.807) is 18.2 Å². The maximum Gasteiger partial charge on any atom is 0.255 e. The van der Waals surface area contributed by atoms with E-state index in [4.69, 9.17) is 17.2 Å². The summed E-state index contributed by atoms with van der Waals surface area (Å²) < 4.78 is 0. The van der Waals surface area contributed by atoms with Gasteiger partial charge in [0.1, 0.15) is 0 Å². The summed E-state index contributed by atoms with van der Waals surface area (Å²) in [5.74, 6) is 17.4. The Morgan fingerprint density at radius 1 is 0.451 bits per heavy atom. The molecule has 13 nitrogen and oxygen atoms in total. The van der Waals surface area contributed by atoms with Gasteiger partial charge in [0.15, 0.2) is 11.6 Å². The maximum atomic E-state index is 12.7. The third-order valence-electron chi connectivity index (χ3n) is 14.7. The lowest BCUT2D eigenvalue weighted by atomic mass is 10.0. The second-order valence-electron chi connectivity index (χ2n) is 21.5. The Kier molecular flexibility index (Phi) is 61.4. The molecule has 0 unspecified atom stereocenters. The summed E-state index contributed by atoms with van der Waals surface area (Å²) in [6.45, 7) is 47.1. The fraction of sp³-hybridized carbons (Fsp3) is 0.427. The molecule has 0 aromatic heterocycles. The molecule has 3 heterocycles. The number of piperazine rings is 1. The number of Topliss-reactive ketones (excluding diaryl/α,β-unsaturated/α-hetero) is 2. The Labute approximate surface area is 625 Å². The van der Waals surface area contributed by atoms with E-state index in [1.165, 1.54) is 36.1 Å². The van der Waals surface area contributed by atoms with Crippen LogP contribution >= 0.6 is 0 Å². The van der Waals surface area contributed by atoms with Crippen molar-refractivity contribution in [3.8, 4) is 35.5 Å². The highest BCUT2D eigenvalue weighted by atomic mass is 16.3. The van der Waals surface area contributed by atoms with Crippen LogP contribution < -0.4 is 22.5 Å². The minimum Gasteiger partial charge on any atom is -0.404 e. The smallest absolute Gasteiger partial charge is 0.255 e. The summed E-state index contributed by atoms with van der Waals surface area (Å²) >= 11 is 0. The third kappa shape index (κ3) is 41.2. The van der Waals surface area contributed by atoms with E-state index in [-0.39, 0.29) is 27.9 Å². The van der Waals surface area contributed by atoms with E-state index >= 15 is 0 Å². The quantitative estimate of drug-likeness (QED) is 0.0486. The van der Waals surface area contributed by atoms with Crippen LogP contribution in [0.1, 0.15) is 217 Å². The SMILES string of the molecule is CC.CC.CC.CC.CC.CC.CC.CC.CC.CN(C)[C@@H]1CCN(Cc2ccc(CC(=O)c3cccc(C#C/C=C/N)c3)cc2)C1.CN1CCN(Cc2ccc(CC(=O)c3cccc(C#C/C=C/N)c3)cc2)CC1.N/C=C/C#Cc1cccc(NC(=O)c2ccc(CN3CC[C@@H](O)C3)cc2)c1.[3HH].[3HH].[3HH]. The molecule has 0 spiro atoms. The molecule has 564 valence electrons. The van der Waals surface area contributed by atoms with Crippen LogP contribution in [0.2, 0.25) is 0 Å². The molecule has 1 amide bonds. The van der Waals surface area contributed by atoms with Crippen molar-refractivity contribution in [3.63, 3.8) is 0 Å². The van der Waals surface area contributed by atoms with Gasteiger partial charge in [0.05, 0.1) is 6.10 Å². The van der Waals surface area contributed by atoms with E-state index in [0.29, 0.717) is 47.8 Å². The van der Waals surface area contributed by atoms with Gasteiger partial charge in [-0.05, 0) is 116 Å². The van der Waals surface area contributed by atoms with Gasteiger partial charge in [-0.1, -0.05) is 251 Å². The highest BCUT2D eigenvalue weighted by molar-refractivity contribution is 6.04. The number of likely N-dealkylation sites (tertiary alicyclic amines) is 2. The van der Waals surface area contributed by atoms with E-state index in [1.807, 2.05) is 222 Å². The van der Waals surface area contributed by atoms with Gasteiger partial charge in [-0.2, -0.15) is 0 Å². The van der Waals surface area contributed by atoms with Gasteiger partial charge in [-0.3, -0.25) is 29.1 Å². The van der Waals surface area contributed by atoms with Crippen molar-refractivity contribution in [1.82, 2.24) is 24.5 Å². The van der Waals surface area contributed by atoms with Crippen molar-refractivity contribution >= 4 is 23.2 Å². The molecular formula is C89H139N9O4. The summed E-state index contributed by atoms with van der Waals surface area (Å²) in [7, 11) is 6.47. The first kappa shape index (κ1) is 97.4. The monoisotopic (exact) mass is 1400 g/mol. The number of aliphatic hydroxyl groups excluding tert-OH is 1. The predicted molar refractivity (Wildman–Crippen MR) is 448 cm³/mol. The number of nitrogens with two attached hydrogens (primary N) is 3. The van der Waals surface area contributed by atoms with Gasteiger partial charge in [0.2, 0.25) is 0 Å². The largest absolute Gasteiger partial charge is 0.404 e. The summed E-state index contributed by atoms with van der Waals surface area (Å²) in [6.07, 6.45) is 11.5. The first-order chi connectivity index (χ1) is 49.8. The highest BCUT2D eigenvalue weighted by Gasteiger charge is 2.24. The molecule has 13 heteroatoms. The number of allylic oxidation sites excluding steroid dienone is 3. The number of anilines is 1. The van der Waals surface area contributed by atoms with Crippen LogP contribution in [-0.4, -0.2) is 133 Å². The van der Waals surface area contributed by atoms with Crippen molar-refractivity contribution in [1.29, 1.82) is 0 Å². The standard InChI is InChI=1S/C25H29N3O.C24H27N3O.C22H23N3O2.9C2H6.3H2/c1-27(2)24-13-15-28(19-24)18-22-11-9-21(10-12-22)17-25(29)23-8-5-7-20(16-23)6-3-4-14-26;1-26-13-15-27(16-14-26)19-22-10-8-21(9-11-22)18-24(28)23-7-4-6-20(17-23)5-2-3-12-25;23-12-2-1-4-17-5-3-6-20(14-17)24-22(27)19-9-7-18(8-10-19)15-25-13-11-21(26)16-25;9*1-2;;;/h4-5,7-12,14,16,24H,13,15,17-19,26H2,1-2H3;3-4,6-12,17H,13-16,18-19,25H2,1H3;2-3,5-10,12,14,21,26H,11,13,15-16,23H2,(H,24,27);9*1-2H3;3*1H/b14-4+;12-3+;12-2+;;;;;;;;;;;;/t24-;;21-;;;;;;;;;;;;/m1.1............/s1/i;;;;;;;;;;;;3*1+2. The highest BCUT2D eigenvalue weighted by Crippen LogP contribution is 2.20. The molecule has 8 N–H and O–H groups in total. The van der Waals surface area contributed by atoms with Crippen molar-refractivity contribution in [3.05, 3.63) is 244 Å². The molecule has 3 saturated heterocycles. The van der Waals surface area contributed by atoms with E-state index < -0.39 is 0 Å². The first-order valence-electron chi connectivity index (χ1n) is 37.6. The number of nitrogens with one attached hydrogen (secondary N) is 1. The molecule has 6 aromatic carbocycles. The van der Waals surface area contributed by atoms with Crippen LogP contribution in [0.25, 0.3) is 0 Å². The van der Waals surface area contributed by atoms with Gasteiger partial charge >= 0.3 is 0 Å². The average Bonchev–Trinajstić information content (AvgIpc) is 1.87. The number of hydrogen-bond acceptors (Lipinski definition) is 12. The average molecular weight is 1410 g/mol. The van der Waals surface area contributed by atoms with E-state index in [2.05, 4.69) is 135 Å². The second kappa shape index (κ2) is 64.3. The molecule has 3 fully saturated rings. The predicted octanol–water partition coefficient (Wildman–Crippen LogP) is 18.1. The lowest BCUT2D eigenvalue weighted by Crippen LogP contribution is -2.43. The summed E-state index contributed by atoms with van der Waals surface area (Å²) in [4.78, 5) is 49.6. The maximum absolute atomic E-state index is 12.7. The van der Waals surface area contributed by atoms with Gasteiger partial charge < -0.3 is 37.4 Å². The zero-order valence-corrected chi connectivity index (χ0v) is 66.7. The van der Waals surface area contributed by atoms with E-state index in [0.717, 1.165) is 105 Å². The van der Waals surface area contributed by atoms with Crippen molar-refractivity contribution in [2.24, 2.45) is 17.2 Å². The molecular weight excluding hydrogens is 1260 g/mol. The molecule has 102 heavy (non-hydrogen) atoms. The van der Waals surface area contributed by atoms with Crippen LogP contribution in [0.15, 0.2) is 182 Å². The van der Waals surface area contributed by atoms with Crippen molar-refractivity contribution in [2.45, 2.75) is 182 Å². The zero-order chi connectivity index (χ0) is 77.5. The van der Waals surface area contributed by atoms with Crippen LogP contribution in [0.4, 0.5) is 5.69 Å². The Morgan fingerprint density at radius 3 is 1.18 bits per heavy atom. The summed E-state index contributed by atoms with van der Waals surface area (Å²) in [5.41, 5.74) is 26.7. The Hall–Kier alpha value is -8.81. The number of ketones is 2. The second-order valence-corrected chi connectivity index (χ2v) is 21.5. The summed E-state index contributed by atoms with van der Waals surface area (Å²) in [6, 6.07) is 47.3. The first-order valence-corrected chi connectivity index (χ1v) is 37.6. The lowest BCUT2D eigenvalue weighted by molar-refractivity contribution is 0.0984. The Balaban J connectivity index is -0.000000311. The minimum atomic E-state index is -0.221. The summed E-state index contributed by atoms with van der Waals surface area (Å²) in [5, 5.41) is 12.5. The molecule has 6 aromatic rings. The molecule has 3 aliphatic rings. The number of rotatable bonds is 15. The lowest BCUT2D eigenvalue weighted by Gasteiger charge is -2.32. The van der Waals surface area contributed by atoms with Gasteiger partial charge in [0.25, 0.3) is 5.91 Å². The van der Waals surface area contributed by atoms with Crippen LogP contribution in [0.5, 0.6) is 0 Å². The van der Waals surface area contributed by atoms with Crippen LogP contribution in [0, 0.1) is 35.5 Å². The Bertz CT molecular complexity index is 3420. The van der Waals surface area contributed by atoms with Gasteiger partial charge in [-0.25, -0.2) is 0 Å². The fourth-order valence-electron chi connectivity index (χ4n) is 9.91. The number of aliphatic hydroxyl groups is 1. The van der Waals surface area contributed by atoms with Gasteiger partial charge in [0, 0.05) is 171 Å². The molecule has 0 aliphatic carbocycles. The molecule has 3 aliphatic heterocycles. The fourth-order valence-corrected chi connectivity index (χ4v) is 9.91. The van der Waals surface area contributed by atoms with E-state index in [9.17, 15) is 19.5 Å².